The molecule has 0 amide bonds. The predicted octanol–water partition coefficient (Wildman–Crippen LogP) is 5.75. The van der Waals surface area contributed by atoms with Gasteiger partial charge in [0.2, 0.25) is 7.37 Å². The van der Waals surface area contributed by atoms with Crippen molar-refractivity contribution in [2.75, 3.05) is 18.9 Å². The molecule has 0 aliphatic heterocycles. The van der Waals surface area contributed by atoms with Crippen molar-refractivity contribution in [2.24, 2.45) is 5.92 Å². The summed E-state index contributed by atoms with van der Waals surface area (Å²) in [6, 6.07) is 5.56. The van der Waals surface area contributed by atoms with E-state index < -0.39 is 7.37 Å². The lowest BCUT2D eigenvalue weighted by Gasteiger charge is -2.24. The third-order valence-electron chi connectivity index (χ3n) is 4.44. The zero-order valence-electron chi connectivity index (χ0n) is 13.8. The third kappa shape index (κ3) is 8.08. The minimum Gasteiger partial charge on any atom is -0.344 e. The summed E-state index contributed by atoms with van der Waals surface area (Å²) in [7, 11) is -2.97. The second-order valence-corrected chi connectivity index (χ2v) is 9.85. The topological polar surface area (TPSA) is 49.3 Å². The van der Waals surface area contributed by atoms with Crippen LogP contribution in [0.2, 0.25) is 10.0 Å². The molecule has 1 aliphatic carbocycles. The van der Waals surface area contributed by atoms with Crippen molar-refractivity contribution in [2.45, 2.75) is 45.1 Å². The smallest absolute Gasteiger partial charge is 0.200 e. The predicted molar refractivity (Wildman–Crippen MR) is 106 cm³/mol. The molecule has 1 saturated carbocycles. The van der Waals surface area contributed by atoms with Crippen molar-refractivity contribution in [3.8, 4) is 0 Å². The van der Waals surface area contributed by atoms with Crippen LogP contribution >= 0.6 is 43.0 Å². The van der Waals surface area contributed by atoms with Crippen molar-refractivity contribution in [3.05, 3.63) is 33.8 Å². The average molecular weight is 415 g/mol. The fourth-order valence-electron chi connectivity index (χ4n) is 3.20. The van der Waals surface area contributed by atoms with E-state index in [4.69, 9.17) is 23.2 Å². The van der Waals surface area contributed by atoms with Crippen LogP contribution in [0.5, 0.6) is 0 Å². The van der Waals surface area contributed by atoms with Gasteiger partial charge in [0.25, 0.3) is 0 Å². The van der Waals surface area contributed by atoms with E-state index in [9.17, 15) is 9.46 Å². The Balaban J connectivity index is 0.00000288. The maximum atomic E-state index is 12.3. The monoisotopic (exact) mass is 413 g/mol. The molecule has 138 valence electrons. The van der Waals surface area contributed by atoms with Gasteiger partial charge in [-0.05, 0) is 49.4 Å². The largest absolute Gasteiger partial charge is 0.344 e. The van der Waals surface area contributed by atoms with Crippen molar-refractivity contribution in [1.82, 2.24) is 5.32 Å². The Morgan fingerprint density at radius 2 is 1.88 bits per heavy atom. The van der Waals surface area contributed by atoms with Gasteiger partial charge in [0.15, 0.2) is 0 Å². The maximum Gasteiger partial charge on any atom is 0.200 e. The molecule has 1 fully saturated rings. The van der Waals surface area contributed by atoms with Crippen LogP contribution in [-0.4, -0.2) is 23.8 Å². The minimum absolute atomic E-state index is 0. The van der Waals surface area contributed by atoms with Crippen LogP contribution < -0.4 is 5.32 Å². The van der Waals surface area contributed by atoms with Crippen molar-refractivity contribution in [3.63, 3.8) is 0 Å². The van der Waals surface area contributed by atoms with E-state index in [1.165, 1.54) is 19.3 Å². The van der Waals surface area contributed by atoms with Gasteiger partial charge in [0.05, 0.1) is 10.0 Å². The summed E-state index contributed by atoms with van der Waals surface area (Å²) in [6.07, 6.45) is 7.62. The van der Waals surface area contributed by atoms with E-state index in [1.54, 1.807) is 6.07 Å². The number of rotatable bonds is 8. The van der Waals surface area contributed by atoms with Crippen molar-refractivity contribution < 1.29 is 9.46 Å². The number of hydrogen-bond acceptors (Lipinski definition) is 2. The Labute approximate surface area is 161 Å². The fourth-order valence-corrected chi connectivity index (χ4v) is 5.53. The molecule has 24 heavy (non-hydrogen) atoms. The maximum absolute atomic E-state index is 12.3. The van der Waals surface area contributed by atoms with Gasteiger partial charge in [-0.15, -0.1) is 12.4 Å². The molecule has 7 heteroatoms. The van der Waals surface area contributed by atoms with Gasteiger partial charge < -0.3 is 10.2 Å². The summed E-state index contributed by atoms with van der Waals surface area (Å²) in [6.45, 7) is 1.42. The lowest BCUT2D eigenvalue weighted by Crippen LogP contribution is -2.17. The molecule has 1 atom stereocenters. The van der Waals surface area contributed by atoms with Crippen LogP contribution in [0, 0.1) is 5.92 Å². The van der Waals surface area contributed by atoms with Gasteiger partial charge >= 0.3 is 0 Å². The number of nitrogens with one attached hydrogen (secondary N) is 1. The molecular formula is C17H27Cl3NO2P. The van der Waals surface area contributed by atoms with Crippen LogP contribution in [0.1, 0.15) is 44.1 Å². The highest BCUT2D eigenvalue weighted by atomic mass is 35.5. The molecule has 0 saturated heterocycles. The Bertz CT molecular complexity index is 551. The first-order valence-electron chi connectivity index (χ1n) is 8.42. The summed E-state index contributed by atoms with van der Waals surface area (Å²) in [5, 5.41) is 4.40. The highest BCUT2D eigenvalue weighted by Gasteiger charge is 2.24. The summed E-state index contributed by atoms with van der Waals surface area (Å²) in [5.41, 5.74) is 1.06. The molecule has 0 bridgehead atoms. The zero-order chi connectivity index (χ0) is 16.7. The summed E-state index contributed by atoms with van der Waals surface area (Å²) >= 11 is 11.9. The lowest BCUT2D eigenvalue weighted by molar-refractivity contribution is 0.372. The molecule has 1 aromatic rings. The van der Waals surface area contributed by atoms with E-state index in [-0.39, 0.29) is 12.4 Å². The number of hydrogen-bond donors (Lipinski definition) is 2. The van der Waals surface area contributed by atoms with Crippen LogP contribution in [-0.2, 0) is 11.1 Å². The summed E-state index contributed by atoms with van der Waals surface area (Å²) in [5.74, 6) is 0.462. The summed E-state index contributed by atoms with van der Waals surface area (Å²) in [4.78, 5) is 10.1. The van der Waals surface area contributed by atoms with Gasteiger partial charge in [0.1, 0.15) is 0 Å². The Hall–Kier alpha value is 0.240. The van der Waals surface area contributed by atoms with Crippen LogP contribution in [0.4, 0.5) is 0 Å². The molecule has 0 spiro atoms. The second kappa shape index (κ2) is 11.1. The Morgan fingerprint density at radius 3 is 2.54 bits per heavy atom. The lowest BCUT2D eigenvalue weighted by atomic mass is 9.91. The Kier molecular flexibility index (Phi) is 10.3. The van der Waals surface area contributed by atoms with Gasteiger partial charge in [0, 0.05) is 18.9 Å². The zero-order valence-corrected chi connectivity index (χ0v) is 17.1. The fraction of sp³-hybridized carbons (Fsp3) is 0.647. The highest BCUT2D eigenvalue weighted by Crippen LogP contribution is 2.45. The van der Waals surface area contributed by atoms with Crippen molar-refractivity contribution >= 4 is 43.0 Å². The number of halogens is 3. The molecule has 0 aromatic heterocycles. The van der Waals surface area contributed by atoms with Gasteiger partial charge in [-0.1, -0.05) is 48.5 Å². The molecule has 2 rings (SSSR count). The quantitative estimate of drug-likeness (QED) is 0.421. The average Bonchev–Trinajstić information content (AvgIpc) is 2.51. The third-order valence-corrected chi connectivity index (χ3v) is 7.28. The second-order valence-electron chi connectivity index (χ2n) is 6.54. The van der Waals surface area contributed by atoms with Gasteiger partial charge in [-0.25, -0.2) is 0 Å². The number of benzene rings is 1. The van der Waals surface area contributed by atoms with Crippen LogP contribution in [0.3, 0.4) is 0 Å². The SMILES string of the molecule is Cl.O=P(O)(CCCNCc1ccc(Cl)c(Cl)c1)CC1CCCCC1. The first kappa shape index (κ1) is 22.3. The van der Waals surface area contributed by atoms with Crippen LogP contribution in [0.15, 0.2) is 18.2 Å². The van der Waals surface area contributed by atoms with E-state index in [0.29, 0.717) is 34.8 Å². The molecule has 2 N–H and O–H groups in total. The molecule has 0 heterocycles. The highest BCUT2D eigenvalue weighted by molar-refractivity contribution is 7.57. The first-order chi connectivity index (χ1) is 11.0. The Morgan fingerprint density at radius 1 is 1.17 bits per heavy atom. The summed E-state index contributed by atoms with van der Waals surface area (Å²) < 4.78 is 12.3. The standard InChI is InChI=1S/C17H26Cl2NO2P.ClH/c18-16-8-7-15(11-17(16)19)12-20-9-4-10-23(21,22)13-14-5-2-1-3-6-14;/h7-8,11,14,20H,1-6,9-10,12-13H2,(H,21,22);1H. The molecule has 1 aliphatic rings. The van der Waals surface area contributed by atoms with E-state index in [0.717, 1.165) is 31.4 Å². The first-order valence-corrected chi connectivity index (χ1v) is 11.2. The normalized spacial score (nSPS) is 18.0. The van der Waals surface area contributed by atoms with Gasteiger partial charge in [-0.2, -0.15) is 0 Å². The molecule has 1 unspecified atom stereocenters. The molecule has 3 nitrogen and oxygen atoms in total. The van der Waals surface area contributed by atoms with Crippen LogP contribution in [0.25, 0.3) is 0 Å². The minimum atomic E-state index is -2.97. The van der Waals surface area contributed by atoms with E-state index in [1.807, 2.05) is 12.1 Å². The van der Waals surface area contributed by atoms with E-state index in [2.05, 4.69) is 5.32 Å². The van der Waals surface area contributed by atoms with E-state index >= 15 is 0 Å². The molecule has 1 aromatic carbocycles. The van der Waals surface area contributed by atoms with Gasteiger partial charge in [-0.3, -0.25) is 4.57 Å². The molecular weight excluding hydrogens is 388 g/mol. The molecule has 0 radical (unpaired) electrons. The van der Waals surface area contributed by atoms with Crippen molar-refractivity contribution in [1.29, 1.82) is 0 Å².